The summed E-state index contributed by atoms with van der Waals surface area (Å²) in [5.74, 6) is -0.392. The summed E-state index contributed by atoms with van der Waals surface area (Å²) in [5.41, 5.74) is 8.44. The maximum absolute atomic E-state index is 11.8. The summed E-state index contributed by atoms with van der Waals surface area (Å²) in [6, 6.07) is 23.6. The predicted molar refractivity (Wildman–Crippen MR) is 135 cm³/mol. The van der Waals surface area contributed by atoms with Crippen molar-refractivity contribution in [1.82, 2.24) is 5.32 Å². The molecule has 3 aromatic rings. The van der Waals surface area contributed by atoms with Gasteiger partial charge in [0.2, 0.25) is 5.91 Å². The van der Waals surface area contributed by atoms with E-state index in [1.54, 1.807) is 6.07 Å². The van der Waals surface area contributed by atoms with Crippen LogP contribution in [0, 0.1) is 0 Å². The SMILES string of the molecule is CC([C@@H]1CCCN1)N(c1cccc(C(N)=O)c1)[C@H](C)c1cccc2ccccc12.Cl.Cl. The van der Waals surface area contributed by atoms with Crippen molar-refractivity contribution in [3.63, 3.8) is 0 Å². The van der Waals surface area contributed by atoms with E-state index < -0.39 is 5.91 Å². The maximum atomic E-state index is 11.8. The minimum absolute atomic E-state index is 0. The molecule has 166 valence electrons. The molecule has 1 aliphatic heterocycles. The van der Waals surface area contributed by atoms with Crippen LogP contribution in [0.25, 0.3) is 10.8 Å². The van der Waals surface area contributed by atoms with Gasteiger partial charge < -0.3 is 16.0 Å². The first-order chi connectivity index (χ1) is 14.1. The lowest BCUT2D eigenvalue weighted by Gasteiger charge is -2.40. The zero-order chi connectivity index (χ0) is 20.4. The lowest BCUT2D eigenvalue weighted by Crippen LogP contribution is -2.47. The normalized spacial score (nSPS) is 17.3. The van der Waals surface area contributed by atoms with Gasteiger partial charge in [-0.3, -0.25) is 4.79 Å². The number of benzene rings is 3. The molecule has 0 aliphatic carbocycles. The number of hydrogen-bond acceptors (Lipinski definition) is 3. The summed E-state index contributed by atoms with van der Waals surface area (Å²) >= 11 is 0. The van der Waals surface area contributed by atoms with Gasteiger partial charge in [0.05, 0.1) is 6.04 Å². The number of amides is 1. The summed E-state index contributed by atoms with van der Waals surface area (Å²) in [4.78, 5) is 14.2. The first-order valence-corrected chi connectivity index (χ1v) is 10.5. The number of carbonyl (C=O) groups is 1. The molecule has 0 radical (unpaired) electrons. The number of rotatable bonds is 6. The Hall–Kier alpha value is -2.27. The van der Waals surface area contributed by atoms with Crippen molar-refractivity contribution in [1.29, 1.82) is 0 Å². The third kappa shape index (κ3) is 5.15. The van der Waals surface area contributed by atoms with Crippen molar-refractivity contribution in [2.24, 2.45) is 5.73 Å². The van der Waals surface area contributed by atoms with Crippen LogP contribution in [-0.2, 0) is 0 Å². The van der Waals surface area contributed by atoms with Crippen LogP contribution < -0.4 is 16.0 Å². The van der Waals surface area contributed by atoms with Crippen LogP contribution in [0.1, 0.15) is 48.7 Å². The fraction of sp³-hybridized carbons (Fsp3) is 0.320. The van der Waals surface area contributed by atoms with Crippen molar-refractivity contribution >= 4 is 47.2 Å². The molecule has 0 spiro atoms. The van der Waals surface area contributed by atoms with Gasteiger partial charge in [0, 0.05) is 23.3 Å². The summed E-state index contributed by atoms with van der Waals surface area (Å²) in [7, 11) is 0. The number of halogens is 2. The van der Waals surface area contributed by atoms with E-state index in [4.69, 9.17) is 5.73 Å². The van der Waals surface area contributed by atoms with E-state index in [2.05, 4.69) is 72.6 Å². The van der Waals surface area contributed by atoms with Crippen LogP contribution in [-0.4, -0.2) is 24.5 Å². The minimum atomic E-state index is -0.392. The van der Waals surface area contributed by atoms with Crippen LogP contribution >= 0.6 is 24.8 Å². The highest BCUT2D eigenvalue weighted by molar-refractivity contribution is 5.94. The molecule has 4 rings (SSSR count). The lowest BCUT2D eigenvalue weighted by atomic mass is 9.95. The Morgan fingerprint density at radius 2 is 1.74 bits per heavy atom. The number of primary amides is 1. The number of nitrogens with one attached hydrogen (secondary N) is 1. The molecular formula is C25H31Cl2N3O. The quantitative estimate of drug-likeness (QED) is 0.512. The molecule has 4 nitrogen and oxygen atoms in total. The van der Waals surface area contributed by atoms with Crippen molar-refractivity contribution < 1.29 is 4.79 Å². The van der Waals surface area contributed by atoms with Crippen molar-refractivity contribution in [3.05, 3.63) is 77.9 Å². The third-order valence-electron chi connectivity index (χ3n) is 6.24. The second-order valence-electron chi connectivity index (χ2n) is 8.01. The molecule has 0 bridgehead atoms. The highest BCUT2D eigenvalue weighted by atomic mass is 35.5. The number of nitrogens with two attached hydrogens (primary N) is 1. The van der Waals surface area contributed by atoms with Gasteiger partial charge in [-0.25, -0.2) is 0 Å². The summed E-state index contributed by atoms with van der Waals surface area (Å²) in [6.45, 7) is 5.60. The molecule has 1 unspecified atom stereocenters. The smallest absolute Gasteiger partial charge is 0.248 e. The Labute approximate surface area is 197 Å². The zero-order valence-corrected chi connectivity index (χ0v) is 19.6. The Balaban J connectivity index is 0.00000171. The van der Waals surface area contributed by atoms with E-state index in [9.17, 15) is 4.79 Å². The van der Waals surface area contributed by atoms with Gasteiger partial charge in [-0.2, -0.15) is 0 Å². The van der Waals surface area contributed by atoms with Crippen LogP contribution in [0.4, 0.5) is 5.69 Å². The Kier molecular flexibility index (Phi) is 8.75. The molecule has 0 aromatic heterocycles. The number of hydrogen-bond donors (Lipinski definition) is 2. The highest BCUT2D eigenvalue weighted by Crippen LogP contribution is 2.35. The van der Waals surface area contributed by atoms with Gasteiger partial charge in [-0.05, 0) is 67.8 Å². The average molecular weight is 460 g/mol. The molecule has 31 heavy (non-hydrogen) atoms. The minimum Gasteiger partial charge on any atom is -0.366 e. The number of nitrogens with zero attached hydrogens (tertiary/aromatic N) is 1. The van der Waals surface area contributed by atoms with Gasteiger partial charge >= 0.3 is 0 Å². The molecule has 1 amide bonds. The summed E-state index contributed by atoms with van der Waals surface area (Å²) in [5, 5.41) is 6.17. The van der Waals surface area contributed by atoms with Gasteiger partial charge in [0.1, 0.15) is 0 Å². The van der Waals surface area contributed by atoms with E-state index in [1.165, 1.54) is 22.8 Å². The summed E-state index contributed by atoms with van der Waals surface area (Å²) in [6.07, 6.45) is 2.36. The molecule has 3 N–H and O–H groups in total. The molecule has 3 aromatic carbocycles. The molecule has 1 fully saturated rings. The fourth-order valence-electron chi connectivity index (χ4n) is 4.71. The molecule has 1 saturated heterocycles. The first kappa shape index (κ1) is 25.0. The van der Waals surface area contributed by atoms with Gasteiger partial charge in [0.25, 0.3) is 0 Å². The van der Waals surface area contributed by atoms with Crippen LogP contribution in [0.3, 0.4) is 0 Å². The second kappa shape index (κ2) is 10.9. The van der Waals surface area contributed by atoms with E-state index in [0.29, 0.717) is 11.6 Å². The van der Waals surface area contributed by atoms with Crippen LogP contribution in [0.2, 0.25) is 0 Å². The lowest BCUT2D eigenvalue weighted by molar-refractivity contribution is 0.100. The Morgan fingerprint density at radius 3 is 2.45 bits per heavy atom. The Morgan fingerprint density at radius 1 is 1.03 bits per heavy atom. The summed E-state index contributed by atoms with van der Waals surface area (Å²) < 4.78 is 0. The number of anilines is 1. The van der Waals surface area contributed by atoms with Crippen molar-refractivity contribution in [2.75, 3.05) is 11.4 Å². The van der Waals surface area contributed by atoms with Crippen molar-refractivity contribution in [3.8, 4) is 0 Å². The molecule has 3 atom stereocenters. The van der Waals surface area contributed by atoms with Crippen molar-refractivity contribution in [2.45, 2.75) is 44.8 Å². The van der Waals surface area contributed by atoms with E-state index >= 15 is 0 Å². The maximum Gasteiger partial charge on any atom is 0.248 e. The van der Waals surface area contributed by atoms with Crippen LogP contribution in [0.5, 0.6) is 0 Å². The van der Waals surface area contributed by atoms with Gasteiger partial charge in [-0.15, -0.1) is 24.8 Å². The van der Waals surface area contributed by atoms with E-state index in [0.717, 1.165) is 18.7 Å². The zero-order valence-electron chi connectivity index (χ0n) is 18.0. The molecule has 1 heterocycles. The first-order valence-electron chi connectivity index (χ1n) is 10.5. The molecule has 0 saturated carbocycles. The van der Waals surface area contributed by atoms with E-state index in [-0.39, 0.29) is 36.9 Å². The predicted octanol–water partition coefficient (Wildman–Crippen LogP) is 5.49. The highest BCUT2D eigenvalue weighted by Gasteiger charge is 2.30. The Bertz CT molecular complexity index is 1020. The third-order valence-corrected chi connectivity index (χ3v) is 6.24. The topological polar surface area (TPSA) is 58.4 Å². The average Bonchev–Trinajstić information content (AvgIpc) is 3.28. The second-order valence-corrected chi connectivity index (χ2v) is 8.01. The standard InChI is InChI=1S/C25H29N3O.2ClH/c1-17(22-13-6-9-19-8-3-4-12-23(19)22)28(18(2)24-14-7-15-27-24)21-11-5-10-20(16-21)25(26)29;;/h3-6,8-13,16-18,24,27H,7,14-15H2,1-2H3,(H2,26,29);2*1H/t17-,18?,24+;;/m1../s1. The number of carbonyl (C=O) groups excluding carboxylic acids is 1. The van der Waals surface area contributed by atoms with Crippen LogP contribution in [0.15, 0.2) is 66.7 Å². The molecular weight excluding hydrogens is 429 g/mol. The van der Waals surface area contributed by atoms with E-state index in [1.807, 2.05) is 12.1 Å². The largest absolute Gasteiger partial charge is 0.366 e. The van der Waals surface area contributed by atoms with Gasteiger partial charge in [0.15, 0.2) is 0 Å². The molecule has 6 heteroatoms. The number of fused-ring (bicyclic) bond motifs is 1. The molecule has 1 aliphatic rings. The monoisotopic (exact) mass is 459 g/mol. The van der Waals surface area contributed by atoms with Gasteiger partial charge in [-0.1, -0.05) is 48.5 Å². The fourth-order valence-corrected chi connectivity index (χ4v) is 4.71.